The molecule has 0 heterocycles. The summed E-state index contributed by atoms with van der Waals surface area (Å²) in [5.41, 5.74) is -0.593. The van der Waals surface area contributed by atoms with E-state index in [0.717, 1.165) is 0 Å². The van der Waals surface area contributed by atoms with Crippen molar-refractivity contribution in [3.05, 3.63) is 0 Å². The van der Waals surface area contributed by atoms with E-state index in [1.807, 2.05) is 0 Å². The molecule has 0 radical (unpaired) electrons. The summed E-state index contributed by atoms with van der Waals surface area (Å²) in [5.74, 6) is 0. The Bertz CT molecular complexity index is 201. The number of rotatable bonds is 8. The molecule has 0 aromatic carbocycles. The third kappa shape index (κ3) is 5.34. The van der Waals surface area contributed by atoms with Gasteiger partial charge in [-0.2, -0.15) is 13.2 Å². The maximum absolute atomic E-state index is 12.0. The van der Waals surface area contributed by atoms with Gasteiger partial charge in [0.05, 0.1) is 13.0 Å². The molecular weight excluding hydrogens is 257 g/mol. The molecule has 104 valence electrons. The van der Waals surface area contributed by atoms with Crippen molar-refractivity contribution >= 4 is 8.80 Å². The zero-order valence-corrected chi connectivity index (χ0v) is 11.5. The largest absolute Gasteiger partial charge is 0.530 e. The first-order chi connectivity index (χ1) is 7.85. The summed E-state index contributed by atoms with van der Waals surface area (Å²) in [6.45, 7) is 1.35. The molecular formula is C9H19F3O4Si. The van der Waals surface area contributed by atoms with Crippen LogP contribution in [0.4, 0.5) is 13.2 Å². The molecule has 0 rings (SSSR count). The van der Waals surface area contributed by atoms with Crippen LogP contribution in [0.25, 0.3) is 0 Å². The molecule has 0 amide bonds. The van der Waals surface area contributed by atoms with E-state index in [1.165, 1.54) is 21.3 Å². The molecule has 1 atom stereocenters. The van der Waals surface area contributed by atoms with E-state index in [4.69, 9.17) is 18.0 Å². The van der Waals surface area contributed by atoms with Crippen molar-refractivity contribution in [2.75, 3.05) is 27.9 Å². The molecule has 1 unspecified atom stereocenters. The third-order valence-electron chi connectivity index (χ3n) is 2.32. The molecule has 0 fully saturated rings. The Kier molecular flexibility index (Phi) is 7.25. The number of halogens is 3. The molecule has 0 aliphatic heterocycles. The highest BCUT2D eigenvalue weighted by atomic mass is 28.4. The fourth-order valence-electron chi connectivity index (χ4n) is 1.43. The van der Waals surface area contributed by atoms with Gasteiger partial charge in [-0.15, -0.1) is 0 Å². The highest BCUT2D eigenvalue weighted by Crippen LogP contribution is 2.22. The van der Waals surface area contributed by atoms with E-state index < -0.39 is 33.7 Å². The monoisotopic (exact) mass is 276 g/mol. The van der Waals surface area contributed by atoms with Gasteiger partial charge in [0, 0.05) is 21.3 Å². The van der Waals surface area contributed by atoms with Gasteiger partial charge >= 0.3 is 15.0 Å². The summed E-state index contributed by atoms with van der Waals surface area (Å²) in [7, 11) is 1.16. The minimum atomic E-state index is -4.23. The molecule has 0 aliphatic rings. The number of ether oxygens (including phenoxy) is 1. The molecule has 8 heteroatoms. The first-order valence-electron chi connectivity index (χ1n) is 5.19. The van der Waals surface area contributed by atoms with E-state index >= 15 is 0 Å². The number of hydrogen-bond acceptors (Lipinski definition) is 4. The lowest BCUT2D eigenvalue weighted by Gasteiger charge is -2.31. The van der Waals surface area contributed by atoms with Crippen LogP contribution < -0.4 is 0 Å². The van der Waals surface area contributed by atoms with Crippen LogP contribution in [0.15, 0.2) is 0 Å². The second kappa shape index (κ2) is 7.32. The maximum atomic E-state index is 12.0. The van der Waals surface area contributed by atoms with Gasteiger partial charge in [-0.1, -0.05) is 6.92 Å². The Labute approximate surface area is 100 Å². The summed E-state index contributed by atoms with van der Waals surface area (Å²) in [4.78, 5) is 0. The van der Waals surface area contributed by atoms with Crippen LogP contribution in [0.3, 0.4) is 0 Å². The summed E-state index contributed by atoms with van der Waals surface area (Å²) in [6.07, 6.45) is -4.76. The molecule has 0 aromatic heterocycles. The van der Waals surface area contributed by atoms with E-state index in [-0.39, 0.29) is 0 Å². The minimum Gasteiger partial charge on any atom is -0.375 e. The van der Waals surface area contributed by atoms with Crippen LogP contribution in [-0.2, 0) is 18.0 Å². The standard InChI is InChI=1S/C9H19F3O4Si/c1-5-8(16-7-6-9(10,11)12)17(13-2,14-3)15-4/h8H,5-7H2,1-4H3. The van der Waals surface area contributed by atoms with Crippen LogP contribution in [0, 0.1) is 0 Å². The van der Waals surface area contributed by atoms with Gasteiger partial charge in [-0.3, -0.25) is 0 Å². The van der Waals surface area contributed by atoms with Crippen molar-refractivity contribution in [1.29, 1.82) is 0 Å². The van der Waals surface area contributed by atoms with E-state index in [2.05, 4.69) is 0 Å². The van der Waals surface area contributed by atoms with Crippen molar-refractivity contribution in [2.45, 2.75) is 31.7 Å². The first kappa shape index (κ1) is 16.8. The molecule has 17 heavy (non-hydrogen) atoms. The fraction of sp³-hybridized carbons (Fsp3) is 1.00. The van der Waals surface area contributed by atoms with Crippen molar-refractivity contribution in [3.63, 3.8) is 0 Å². The quantitative estimate of drug-likeness (QED) is 0.637. The summed E-state index contributed by atoms with van der Waals surface area (Å²) >= 11 is 0. The summed E-state index contributed by atoms with van der Waals surface area (Å²) in [5, 5.41) is 0. The minimum absolute atomic E-state index is 0.424. The van der Waals surface area contributed by atoms with Gasteiger partial charge in [-0.05, 0) is 6.42 Å². The summed E-state index contributed by atoms with van der Waals surface area (Å²) < 4.78 is 56.6. The maximum Gasteiger partial charge on any atom is 0.530 e. The van der Waals surface area contributed by atoms with Gasteiger partial charge in [0.1, 0.15) is 5.73 Å². The fourth-order valence-corrected chi connectivity index (χ4v) is 3.54. The van der Waals surface area contributed by atoms with Crippen LogP contribution in [-0.4, -0.2) is 48.6 Å². The molecule has 0 spiro atoms. The van der Waals surface area contributed by atoms with E-state index in [0.29, 0.717) is 6.42 Å². The second-order valence-electron chi connectivity index (χ2n) is 3.35. The van der Waals surface area contributed by atoms with Crippen LogP contribution in [0.5, 0.6) is 0 Å². The van der Waals surface area contributed by atoms with Crippen LogP contribution >= 0.6 is 0 Å². The highest BCUT2D eigenvalue weighted by Gasteiger charge is 2.47. The van der Waals surface area contributed by atoms with E-state index in [1.54, 1.807) is 6.92 Å². The molecule has 0 N–H and O–H groups in total. The van der Waals surface area contributed by atoms with Crippen molar-refractivity contribution < 1.29 is 31.2 Å². The van der Waals surface area contributed by atoms with Crippen LogP contribution in [0.2, 0.25) is 0 Å². The van der Waals surface area contributed by atoms with Gasteiger partial charge in [0.2, 0.25) is 0 Å². The van der Waals surface area contributed by atoms with Gasteiger partial charge < -0.3 is 18.0 Å². The Morgan fingerprint density at radius 2 is 1.53 bits per heavy atom. The third-order valence-corrected chi connectivity index (χ3v) is 5.39. The molecule has 0 aliphatic carbocycles. The second-order valence-corrected chi connectivity index (χ2v) is 6.42. The predicted octanol–water partition coefficient (Wildman–Crippen LogP) is 2.15. The van der Waals surface area contributed by atoms with Gasteiger partial charge in [-0.25, -0.2) is 0 Å². The number of alkyl halides is 3. The molecule has 0 bridgehead atoms. The van der Waals surface area contributed by atoms with Crippen molar-refractivity contribution in [1.82, 2.24) is 0 Å². The normalized spacial score (nSPS) is 15.0. The SMILES string of the molecule is CCC(OCCC(F)(F)F)[Si](OC)(OC)OC. The summed E-state index contributed by atoms with van der Waals surface area (Å²) in [6, 6.07) is 0. The van der Waals surface area contributed by atoms with Crippen molar-refractivity contribution in [3.8, 4) is 0 Å². The topological polar surface area (TPSA) is 36.9 Å². The Morgan fingerprint density at radius 3 is 1.82 bits per heavy atom. The number of hydrogen-bond donors (Lipinski definition) is 0. The average molecular weight is 276 g/mol. The molecule has 4 nitrogen and oxygen atoms in total. The van der Waals surface area contributed by atoms with Gasteiger partial charge in [0.15, 0.2) is 0 Å². The first-order valence-corrected chi connectivity index (χ1v) is 6.99. The zero-order valence-electron chi connectivity index (χ0n) is 10.5. The highest BCUT2D eigenvalue weighted by molar-refractivity contribution is 6.62. The Morgan fingerprint density at radius 1 is 1.06 bits per heavy atom. The molecule has 0 saturated heterocycles. The predicted molar refractivity (Wildman–Crippen MR) is 57.5 cm³/mol. The van der Waals surface area contributed by atoms with E-state index in [9.17, 15) is 13.2 Å². The lowest BCUT2D eigenvalue weighted by molar-refractivity contribution is -0.148. The Balaban J connectivity index is 4.40. The average Bonchev–Trinajstić information content (AvgIpc) is 2.28. The molecule has 0 saturated carbocycles. The Hall–Kier alpha value is -0.153. The smallest absolute Gasteiger partial charge is 0.375 e. The van der Waals surface area contributed by atoms with Crippen LogP contribution in [0.1, 0.15) is 19.8 Å². The van der Waals surface area contributed by atoms with Gasteiger partial charge in [0.25, 0.3) is 0 Å². The van der Waals surface area contributed by atoms with Crippen molar-refractivity contribution in [2.24, 2.45) is 0 Å². The molecule has 0 aromatic rings. The zero-order chi connectivity index (χ0) is 13.5. The lowest BCUT2D eigenvalue weighted by Crippen LogP contribution is -2.55. The lowest BCUT2D eigenvalue weighted by atomic mass is 10.4.